The Morgan fingerprint density at radius 2 is 1.50 bits per heavy atom. The first-order chi connectivity index (χ1) is 1.41. The van der Waals surface area contributed by atoms with Gasteiger partial charge in [-0.2, -0.15) is 0 Å². The van der Waals surface area contributed by atoms with Crippen molar-refractivity contribution in [3.05, 3.63) is 19.6 Å². The number of allylic oxidation sites excluding steroid dienone is 1. The second kappa shape index (κ2) is 10.5. The molecule has 0 aromatic carbocycles. The van der Waals surface area contributed by atoms with Gasteiger partial charge >= 0.3 is 0 Å². The quantitative estimate of drug-likeness (QED) is 0.403. The van der Waals surface area contributed by atoms with E-state index in [4.69, 9.17) is 0 Å². The molecule has 0 aliphatic carbocycles. The van der Waals surface area contributed by atoms with Gasteiger partial charge in [0.2, 0.25) is 0 Å². The Balaban J connectivity index is 0. The summed E-state index contributed by atoms with van der Waals surface area (Å²) in [5, 5.41) is 0. The van der Waals surface area contributed by atoms with Gasteiger partial charge in [-0.3, -0.25) is 0 Å². The minimum absolute atomic E-state index is 0. The van der Waals surface area contributed by atoms with Gasteiger partial charge in [-0.1, -0.05) is 6.08 Å². The maximum atomic E-state index is 3.25. The smallest absolute Gasteiger partial charge is 0 e. The molecule has 28 valence electrons. The Morgan fingerprint density at radius 3 is 1.50 bits per heavy atom. The van der Waals surface area contributed by atoms with Crippen LogP contribution in [0.2, 0.25) is 0 Å². The van der Waals surface area contributed by atoms with E-state index >= 15 is 0 Å². The zero-order chi connectivity index (χ0) is 2.71. The SMILES string of the molecule is [CH2]C=C.[Cu]. The second-order valence-corrected chi connectivity index (χ2v) is 0.289. The fourth-order valence-corrected chi connectivity index (χ4v) is 0. The van der Waals surface area contributed by atoms with Crippen molar-refractivity contribution in [3.63, 3.8) is 0 Å². The number of rotatable bonds is 0. The van der Waals surface area contributed by atoms with Crippen molar-refractivity contribution in [2.45, 2.75) is 0 Å². The first-order valence-corrected chi connectivity index (χ1v) is 0.816. The normalized spacial score (nSPS) is 3.25. The molecule has 0 aromatic rings. The predicted octanol–water partition coefficient (Wildman–Crippen LogP) is 1.00. The first kappa shape index (κ1) is 8.86. The number of hydrogen-bond acceptors (Lipinski definition) is 0. The van der Waals surface area contributed by atoms with Crippen LogP contribution in [0.25, 0.3) is 0 Å². The molecular weight excluding hydrogens is 99.6 g/mol. The second-order valence-electron chi connectivity index (χ2n) is 0.289. The fraction of sp³-hybridized carbons (Fsp3) is 0. The van der Waals surface area contributed by atoms with Gasteiger partial charge in [0.1, 0.15) is 0 Å². The van der Waals surface area contributed by atoms with Gasteiger partial charge in [0.05, 0.1) is 0 Å². The van der Waals surface area contributed by atoms with E-state index in [-0.39, 0.29) is 17.1 Å². The molecular formula is C3H5Cu. The molecule has 0 saturated heterocycles. The summed E-state index contributed by atoms with van der Waals surface area (Å²) < 4.78 is 0. The van der Waals surface area contributed by atoms with E-state index in [1.54, 1.807) is 0 Å². The third-order valence-corrected chi connectivity index (χ3v) is 0. The molecule has 0 aliphatic rings. The minimum atomic E-state index is 0. The van der Waals surface area contributed by atoms with Crippen LogP contribution in [-0.2, 0) is 17.1 Å². The van der Waals surface area contributed by atoms with Crippen molar-refractivity contribution in [1.82, 2.24) is 0 Å². The van der Waals surface area contributed by atoms with Gasteiger partial charge in [-0.05, 0) is 6.92 Å². The molecule has 0 atom stereocenters. The summed E-state index contributed by atoms with van der Waals surface area (Å²) in [7, 11) is 0. The van der Waals surface area contributed by atoms with Gasteiger partial charge in [-0.15, -0.1) is 6.58 Å². The molecule has 2 radical (unpaired) electrons. The Kier molecular flexibility index (Phi) is 23.2. The van der Waals surface area contributed by atoms with Crippen molar-refractivity contribution < 1.29 is 17.1 Å². The van der Waals surface area contributed by atoms with Gasteiger partial charge in [0.15, 0.2) is 0 Å². The van der Waals surface area contributed by atoms with E-state index in [1.165, 1.54) is 6.08 Å². The van der Waals surface area contributed by atoms with E-state index < -0.39 is 0 Å². The third-order valence-electron chi connectivity index (χ3n) is 0. The van der Waals surface area contributed by atoms with Crippen LogP contribution >= 0.6 is 0 Å². The molecule has 0 saturated carbocycles. The average molecular weight is 105 g/mol. The van der Waals surface area contributed by atoms with Crippen molar-refractivity contribution in [2.75, 3.05) is 0 Å². The summed E-state index contributed by atoms with van der Waals surface area (Å²) in [6.07, 6.45) is 1.50. The summed E-state index contributed by atoms with van der Waals surface area (Å²) in [5.41, 5.74) is 0. The van der Waals surface area contributed by atoms with E-state index in [1.807, 2.05) is 0 Å². The molecule has 0 unspecified atom stereocenters. The Hall–Kier alpha value is 0.259. The maximum absolute atomic E-state index is 3.25. The Morgan fingerprint density at radius 1 is 1.50 bits per heavy atom. The Bertz CT molecular complexity index is 10.8. The number of hydrogen-bond donors (Lipinski definition) is 0. The topological polar surface area (TPSA) is 0 Å². The molecule has 0 rings (SSSR count). The van der Waals surface area contributed by atoms with Crippen LogP contribution in [0.15, 0.2) is 12.7 Å². The minimum Gasteiger partial charge on any atom is -0.103 e. The zero-order valence-corrected chi connectivity index (χ0v) is 3.23. The van der Waals surface area contributed by atoms with E-state index in [9.17, 15) is 0 Å². The third kappa shape index (κ3) is 53.2. The summed E-state index contributed by atoms with van der Waals surface area (Å²) in [5.74, 6) is 0. The van der Waals surface area contributed by atoms with Gasteiger partial charge in [0.25, 0.3) is 0 Å². The summed E-state index contributed by atoms with van der Waals surface area (Å²) >= 11 is 0. The monoisotopic (exact) mass is 104 g/mol. The predicted molar refractivity (Wildman–Crippen MR) is 15.6 cm³/mol. The van der Waals surface area contributed by atoms with Crippen LogP contribution < -0.4 is 0 Å². The first-order valence-electron chi connectivity index (χ1n) is 0.816. The molecule has 0 amide bonds. The molecule has 4 heavy (non-hydrogen) atoms. The maximum Gasteiger partial charge on any atom is 0 e. The van der Waals surface area contributed by atoms with E-state index in [0.717, 1.165) is 0 Å². The Labute approximate surface area is 37.4 Å². The fourth-order valence-electron chi connectivity index (χ4n) is 0. The molecule has 0 heterocycles. The van der Waals surface area contributed by atoms with Gasteiger partial charge in [-0.25, -0.2) is 0 Å². The van der Waals surface area contributed by atoms with Crippen molar-refractivity contribution in [2.24, 2.45) is 0 Å². The largest absolute Gasteiger partial charge is 0.103 e. The van der Waals surface area contributed by atoms with Crippen LogP contribution in [0.5, 0.6) is 0 Å². The van der Waals surface area contributed by atoms with Crippen LogP contribution in [0.3, 0.4) is 0 Å². The van der Waals surface area contributed by atoms with Crippen LogP contribution in [0.4, 0.5) is 0 Å². The van der Waals surface area contributed by atoms with E-state index in [2.05, 4.69) is 13.5 Å². The molecule has 1 heteroatoms. The van der Waals surface area contributed by atoms with Crippen molar-refractivity contribution in [3.8, 4) is 0 Å². The van der Waals surface area contributed by atoms with Crippen molar-refractivity contribution >= 4 is 0 Å². The molecule has 0 bridgehead atoms. The summed E-state index contributed by atoms with van der Waals surface area (Å²) in [6.45, 7) is 6.50. The van der Waals surface area contributed by atoms with Gasteiger partial charge in [0, 0.05) is 17.1 Å². The standard InChI is InChI=1S/C3H5.Cu/c1-3-2;/h3H,1-2H2;. The molecule has 0 nitrogen and oxygen atoms in total. The molecule has 0 spiro atoms. The van der Waals surface area contributed by atoms with Crippen molar-refractivity contribution in [1.29, 1.82) is 0 Å². The van der Waals surface area contributed by atoms with Crippen LogP contribution in [0.1, 0.15) is 0 Å². The summed E-state index contributed by atoms with van der Waals surface area (Å²) in [4.78, 5) is 0. The van der Waals surface area contributed by atoms with Crippen LogP contribution in [0, 0.1) is 6.92 Å². The zero-order valence-electron chi connectivity index (χ0n) is 2.29. The molecule has 0 fully saturated rings. The van der Waals surface area contributed by atoms with Gasteiger partial charge < -0.3 is 0 Å². The molecule has 0 aliphatic heterocycles. The summed E-state index contributed by atoms with van der Waals surface area (Å²) in [6, 6.07) is 0. The van der Waals surface area contributed by atoms with Crippen LogP contribution in [-0.4, -0.2) is 0 Å². The molecule has 0 N–H and O–H groups in total. The molecule has 0 aromatic heterocycles. The average Bonchev–Trinajstić information content (AvgIpc) is 0.918. The van der Waals surface area contributed by atoms with E-state index in [0.29, 0.717) is 0 Å².